The Kier molecular flexibility index (Phi) is 2.35. The lowest BCUT2D eigenvalue weighted by Crippen LogP contribution is -2.46. The summed E-state index contributed by atoms with van der Waals surface area (Å²) in [6.45, 7) is 2.08. The predicted molar refractivity (Wildman–Crippen MR) is 56.8 cm³/mol. The molecule has 1 aromatic rings. The second-order valence-corrected chi connectivity index (χ2v) is 3.59. The van der Waals surface area contributed by atoms with Crippen LogP contribution in [0, 0.1) is 6.92 Å². The van der Waals surface area contributed by atoms with E-state index < -0.39 is 0 Å². The van der Waals surface area contributed by atoms with Gasteiger partial charge < -0.3 is 5.32 Å². The van der Waals surface area contributed by atoms with Gasteiger partial charge in [-0.1, -0.05) is 36.4 Å². The first-order valence-electron chi connectivity index (χ1n) is 4.79. The average Bonchev–Trinajstić information content (AvgIpc) is 2.13. The molecule has 1 aliphatic heterocycles. The van der Waals surface area contributed by atoms with Crippen molar-refractivity contribution in [2.24, 2.45) is 0 Å². The molecule has 14 heavy (non-hydrogen) atoms. The van der Waals surface area contributed by atoms with Crippen LogP contribution in [0.2, 0.25) is 0 Å². The van der Waals surface area contributed by atoms with E-state index in [1.54, 1.807) is 0 Å². The van der Waals surface area contributed by atoms with E-state index in [4.69, 9.17) is 0 Å². The molecule has 1 fully saturated rings. The number of carbonyl (C=O) groups is 1. The largest absolute Gasteiger partial charge is 0.349 e. The fourth-order valence-corrected chi connectivity index (χ4v) is 1.50. The van der Waals surface area contributed by atoms with E-state index in [2.05, 4.69) is 30.4 Å². The van der Waals surface area contributed by atoms with Crippen LogP contribution in [0.3, 0.4) is 0 Å². The van der Waals surface area contributed by atoms with E-state index in [1.165, 1.54) is 11.1 Å². The molecule has 1 aliphatic rings. The Bertz CT molecular complexity index is 374. The number of rotatable bonds is 2. The van der Waals surface area contributed by atoms with Crippen LogP contribution >= 0.6 is 0 Å². The van der Waals surface area contributed by atoms with Gasteiger partial charge >= 0.3 is 0 Å². The van der Waals surface area contributed by atoms with Crippen LogP contribution in [-0.4, -0.2) is 11.9 Å². The fraction of sp³-hybridized carbons (Fsp3) is 0.250. The summed E-state index contributed by atoms with van der Waals surface area (Å²) in [5.41, 5.74) is 2.48. The molecule has 2 heteroatoms. The van der Waals surface area contributed by atoms with Crippen molar-refractivity contribution >= 4 is 12.0 Å². The summed E-state index contributed by atoms with van der Waals surface area (Å²) in [7, 11) is 0. The zero-order valence-corrected chi connectivity index (χ0v) is 8.16. The van der Waals surface area contributed by atoms with Crippen LogP contribution in [0.15, 0.2) is 30.3 Å². The van der Waals surface area contributed by atoms with Crippen molar-refractivity contribution in [3.63, 3.8) is 0 Å². The van der Waals surface area contributed by atoms with E-state index in [0.717, 1.165) is 0 Å². The lowest BCUT2D eigenvalue weighted by molar-refractivity contribution is -0.127. The van der Waals surface area contributed by atoms with Gasteiger partial charge in [0.1, 0.15) is 0 Å². The Morgan fingerprint density at radius 1 is 1.43 bits per heavy atom. The Labute approximate surface area is 83.6 Å². The highest BCUT2D eigenvalue weighted by atomic mass is 16.2. The fourth-order valence-electron chi connectivity index (χ4n) is 1.50. The van der Waals surface area contributed by atoms with Gasteiger partial charge in [-0.15, -0.1) is 0 Å². The first-order chi connectivity index (χ1) is 6.75. The van der Waals surface area contributed by atoms with Gasteiger partial charge in [-0.3, -0.25) is 4.79 Å². The summed E-state index contributed by atoms with van der Waals surface area (Å²) in [6, 6.07) is 8.44. The number of nitrogens with one attached hydrogen (secondary N) is 1. The maximum absolute atomic E-state index is 10.6. The standard InChI is InChI=1S/C12H13NO/c1-9-4-2-3-5-10(9)6-7-11-8-12(14)13-11/h2-7,11H,8H2,1H3,(H,13,14). The summed E-state index contributed by atoms with van der Waals surface area (Å²) in [4.78, 5) is 10.6. The number of hydrogen-bond acceptors (Lipinski definition) is 1. The third-order valence-electron chi connectivity index (χ3n) is 2.45. The first kappa shape index (κ1) is 9.00. The molecule has 2 nitrogen and oxygen atoms in total. The minimum absolute atomic E-state index is 0.143. The second-order valence-electron chi connectivity index (χ2n) is 3.59. The highest BCUT2D eigenvalue weighted by Gasteiger charge is 2.21. The summed E-state index contributed by atoms with van der Waals surface area (Å²) in [5.74, 6) is 0.143. The minimum Gasteiger partial charge on any atom is -0.349 e. The Morgan fingerprint density at radius 3 is 2.79 bits per heavy atom. The molecule has 72 valence electrons. The Hall–Kier alpha value is -1.57. The Morgan fingerprint density at radius 2 is 2.14 bits per heavy atom. The second kappa shape index (κ2) is 3.66. The SMILES string of the molecule is Cc1ccccc1C=CC1CC(=O)N1. The highest BCUT2D eigenvalue weighted by molar-refractivity contribution is 5.84. The summed E-state index contributed by atoms with van der Waals surface area (Å²) in [6.07, 6.45) is 4.74. The zero-order valence-electron chi connectivity index (χ0n) is 8.16. The van der Waals surface area contributed by atoms with Crippen molar-refractivity contribution in [1.29, 1.82) is 0 Å². The molecule has 1 N–H and O–H groups in total. The normalized spacial score (nSPS) is 20.6. The van der Waals surface area contributed by atoms with E-state index >= 15 is 0 Å². The van der Waals surface area contributed by atoms with Crippen LogP contribution in [0.5, 0.6) is 0 Å². The molecule has 0 aliphatic carbocycles. The molecule has 1 amide bonds. The molecule has 2 rings (SSSR count). The molecule has 0 aromatic heterocycles. The van der Waals surface area contributed by atoms with Gasteiger partial charge in [-0.05, 0) is 18.1 Å². The van der Waals surface area contributed by atoms with Crippen LogP contribution in [0.1, 0.15) is 17.5 Å². The lowest BCUT2D eigenvalue weighted by atomic mass is 10.0. The molecule has 1 atom stereocenters. The number of hydrogen-bond donors (Lipinski definition) is 1. The maximum Gasteiger partial charge on any atom is 0.222 e. The van der Waals surface area contributed by atoms with Crippen molar-refractivity contribution in [2.75, 3.05) is 0 Å². The highest BCUT2D eigenvalue weighted by Crippen LogP contribution is 2.12. The molecular formula is C12H13NO. The topological polar surface area (TPSA) is 29.1 Å². The molecule has 1 unspecified atom stereocenters. The molecule has 1 heterocycles. The number of carbonyl (C=O) groups excluding carboxylic acids is 1. The van der Waals surface area contributed by atoms with Gasteiger partial charge in [0.15, 0.2) is 0 Å². The van der Waals surface area contributed by atoms with E-state index in [-0.39, 0.29) is 11.9 Å². The number of β-lactam (4-membered cyclic amide) rings is 1. The summed E-state index contributed by atoms with van der Waals surface area (Å²) >= 11 is 0. The van der Waals surface area contributed by atoms with Gasteiger partial charge in [0.25, 0.3) is 0 Å². The molecule has 0 spiro atoms. The van der Waals surface area contributed by atoms with Gasteiger partial charge in [0.2, 0.25) is 5.91 Å². The molecule has 0 saturated carbocycles. The van der Waals surface area contributed by atoms with Crippen LogP contribution < -0.4 is 5.32 Å². The third kappa shape index (κ3) is 1.84. The monoisotopic (exact) mass is 187 g/mol. The number of benzene rings is 1. The van der Waals surface area contributed by atoms with Crippen LogP contribution in [-0.2, 0) is 4.79 Å². The number of aryl methyl sites for hydroxylation is 1. The van der Waals surface area contributed by atoms with E-state index in [9.17, 15) is 4.79 Å². The van der Waals surface area contributed by atoms with Crippen molar-refractivity contribution in [3.8, 4) is 0 Å². The van der Waals surface area contributed by atoms with Crippen molar-refractivity contribution in [3.05, 3.63) is 41.5 Å². The predicted octanol–water partition coefficient (Wildman–Crippen LogP) is 1.90. The molecule has 1 saturated heterocycles. The van der Waals surface area contributed by atoms with Crippen molar-refractivity contribution in [1.82, 2.24) is 5.32 Å². The lowest BCUT2D eigenvalue weighted by Gasteiger charge is -2.23. The van der Waals surface area contributed by atoms with Gasteiger partial charge in [0.05, 0.1) is 12.5 Å². The van der Waals surface area contributed by atoms with Crippen LogP contribution in [0.25, 0.3) is 6.08 Å². The van der Waals surface area contributed by atoms with Crippen LogP contribution in [0.4, 0.5) is 0 Å². The van der Waals surface area contributed by atoms with Gasteiger partial charge in [-0.25, -0.2) is 0 Å². The average molecular weight is 187 g/mol. The summed E-state index contributed by atoms with van der Waals surface area (Å²) < 4.78 is 0. The Balaban J connectivity index is 2.03. The number of amides is 1. The molecule has 0 bridgehead atoms. The van der Waals surface area contributed by atoms with E-state index in [1.807, 2.05) is 18.2 Å². The quantitative estimate of drug-likeness (QED) is 0.704. The van der Waals surface area contributed by atoms with Crippen molar-refractivity contribution in [2.45, 2.75) is 19.4 Å². The molecule has 0 radical (unpaired) electrons. The third-order valence-corrected chi connectivity index (χ3v) is 2.45. The zero-order chi connectivity index (χ0) is 9.97. The molecule has 1 aromatic carbocycles. The van der Waals surface area contributed by atoms with Gasteiger partial charge in [0, 0.05) is 0 Å². The van der Waals surface area contributed by atoms with Crippen molar-refractivity contribution < 1.29 is 4.79 Å². The van der Waals surface area contributed by atoms with E-state index in [0.29, 0.717) is 6.42 Å². The summed E-state index contributed by atoms with van der Waals surface area (Å²) in [5, 5.41) is 2.81. The maximum atomic E-state index is 10.6. The smallest absolute Gasteiger partial charge is 0.222 e. The first-order valence-corrected chi connectivity index (χ1v) is 4.79. The molecular weight excluding hydrogens is 174 g/mol. The minimum atomic E-state index is 0.143. The van der Waals surface area contributed by atoms with Gasteiger partial charge in [-0.2, -0.15) is 0 Å².